The Labute approximate surface area is 115 Å². The summed E-state index contributed by atoms with van der Waals surface area (Å²) in [5.41, 5.74) is -0.868. The summed E-state index contributed by atoms with van der Waals surface area (Å²) < 4.78 is 0.909. The maximum absolute atomic E-state index is 11.4. The van der Waals surface area contributed by atoms with Gasteiger partial charge in [-0.05, 0) is 34.7 Å². The van der Waals surface area contributed by atoms with Crippen LogP contribution in [0, 0.1) is 3.57 Å². The lowest BCUT2D eigenvalue weighted by Crippen LogP contribution is -2.24. The van der Waals surface area contributed by atoms with E-state index in [4.69, 9.17) is 0 Å². The van der Waals surface area contributed by atoms with Crippen LogP contribution in [-0.2, 0) is 0 Å². The fourth-order valence-electron chi connectivity index (χ4n) is 1.29. The zero-order valence-corrected chi connectivity index (χ0v) is 11.1. The van der Waals surface area contributed by atoms with Gasteiger partial charge in [0, 0.05) is 9.78 Å². The molecule has 2 rings (SSSR count). The molecule has 0 unspecified atom stereocenters. The molecule has 1 aromatic heterocycles. The molecule has 0 aliphatic carbocycles. The summed E-state index contributed by atoms with van der Waals surface area (Å²) in [6.45, 7) is 0. The minimum atomic E-state index is -0.760. The number of nitrogens with one attached hydrogen (secondary N) is 2. The highest BCUT2D eigenvalue weighted by Crippen LogP contribution is 2.20. The number of halogens is 1. The van der Waals surface area contributed by atoms with E-state index in [0.717, 1.165) is 3.57 Å². The third kappa shape index (κ3) is 2.67. The molecule has 0 atom stereocenters. The topological polar surface area (TPSA) is 98.3 Å². The van der Waals surface area contributed by atoms with Crippen molar-refractivity contribution in [2.24, 2.45) is 4.99 Å². The van der Waals surface area contributed by atoms with Crippen molar-refractivity contribution in [2.45, 2.75) is 0 Å². The van der Waals surface area contributed by atoms with Gasteiger partial charge in [-0.15, -0.1) is 0 Å². The number of aromatic hydroxyl groups is 1. The summed E-state index contributed by atoms with van der Waals surface area (Å²) in [5.74, 6) is -0.501. The second-order valence-electron chi connectivity index (χ2n) is 3.38. The molecule has 0 amide bonds. The zero-order valence-electron chi connectivity index (χ0n) is 8.98. The van der Waals surface area contributed by atoms with Gasteiger partial charge in [-0.3, -0.25) is 19.8 Å². The minimum absolute atomic E-state index is 0.0887. The molecule has 0 spiro atoms. The van der Waals surface area contributed by atoms with E-state index in [-0.39, 0.29) is 5.56 Å². The molecule has 18 heavy (non-hydrogen) atoms. The smallest absolute Gasteiger partial charge is 0.328 e. The lowest BCUT2D eigenvalue weighted by atomic mass is 10.3. The Balaban J connectivity index is 2.45. The average molecular weight is 357 g/mol. The van der Waals surface area contributed by atoms with Gasteiger partial charge in [0.05, 0.1) is 5.69 Å². The van der Waals surface area contributed by atoms with E-state index in [0.29, 0.717) is 5.69 Å². The molecular formula is C11H8IN3O3. The van der Waals surface area contributed by atoms with E-state index in [9.17, 15) is 14.7 Å². The van der Waals surface area contributed by atoms with Gasteiger partial charge >= 0.3 is 5.69 Å². The molecule has 1 aromatic carbocycles. The number of para-hydroxylation sites is 1. The maximum atomic E-state index is 11.4. The van der Waals surface area contributed by atoms with Gasteiger partial charge in [0.25, 0.3) is 5.56 Å². The van der Waals surface area contributed by atoms with Gasteiger partial charge in [-0.25, -0.2) is 4.79 Å². The summed E-state index contributed by atoms with van der Waals surface area (Å²) in [6.07, 6.45) is 1.21. The molecule has 0 aliphatic rings. The third-order valence-corrected chi connectivity index (χ3v) is 3.06. The lowest BCUT2D eigenvalue weighted by Gasteiger charge is -1.98. The molecule has 0 saturated heterocycles. The predicted molar refractivity (Wildman–Crippen MR) is 75.8 cm³/mol. The van der Waals surface area contributed by atoms with Gasteiger partial charge in [0.1, 0.15) is 5.56 Å². The highest BCUT2D eigenvalue weighted by Gasteiger charge is 2.05. The summed E-state index contributed by atoms with van der Waals surface area (Å²) in [4.78, 5) is 30.5. The number of benzene rings is 1. The average Bonchev–Trinajstić information content (AvgIpc) is 2.30. The van der Waals surface area contributed by atoms with Crippen LogP contribution in [0.4, 0.5) is 5.69 Å². The molecule has 1 heterocycles. The van der Waals surface area contributed by atoms with Crippen molar-refractivity contribution in [1.29, 1.82) is 0 Å². The standard InChI is InChI=1S/C11H8IN3O3/c12-7-3-1-2-4-8(7)13-5-6-9(16)14-11(18)15-10(6)17/h1-5H,(H3,14,15,16,17,18). The minimum Gasteiger partial charge on any atom is -0.494 e. The SMILES string of the molecule is O=c1[nH]c(O)c(C=Nc2ccccc2I)c(=O)[nH]1. The Morgan fingerprint density at radius 2 is 1.94 bits per heavy atom. The number of H-pyrrole nitrogens is 2. The van der Waals surface area contributed by atoms with E-state index < -0.39 is 17.1 Å². The Kier molecular flexibility index (Phi) is 3.60. The van der Waals surface area contributed by atoms with Crippen molar-refractivity contribution in [3.63, 3.8) is 0 Å². The summed E-state index contributed by atoms with van der Waals surface area (Å²) in [6, 6.07) is 7.32. The molecule has 0 fully saturated rings. The van der Waals surface area contributed by atoms with Gasteiger partial charge in [-0.2, -0.15) is 0 Å². The van der Waals surface area contributed by atoms with E-state index in [1.807, 2.05) is 23.2 Å². The number of rotatable bonds is 2. The number of aromatic nitrogens is 2. The van der Waals surface area contributed by atoms with Crippen LogP contribution < -0.4 is 11.2 Å². The first-order valence-corrected chi connectivity index (χ1v) is 6.00. The molecule has 7 heteroatoms. The second kappa shape index (κ2) is 5.17. The second-order valence-corrected chi connectivity index (χ2v) is 4.54. The van der Waals surface area contributed by atoms with Crippen LogP contribution in [0.2, 0.25) is 0 Å². The lowest BCUT2D eigenvalue weighted by molar-refractivity contribution is 0.447. The monoisotopic (exact) mass is 357 g/mol. The van der Waals surface area contributed by atoms with Gasteiger partial charge < -0.3 is 5.11 Å². The summed E-state index contributed by atoms with van der Waals surface area (Å²) in [7, 11) is 0. The molecule has 0 aliphatic heterocycles. The first-order chi connectivity index (χ1) is 8.58. The number of hydrogen-bond donors (Lipinski definition) is 3. The van der Waals surface area contributed by atoms with Crippen molar-refractivity contribution in [2.75, 3.05) is 0 Å². The molecule has 0 saturated carbocycles. The van der Waals surface area contributed by atoms with Crippen LogP contribution in [0.3, 0.4) is 0 Å². The summed E-state index contributed by atoms with van der Waals surface area (Å²) in [5, 5.41) is 9.45. The normalized spacial score (nSPS) is 10.9. The van der Waals surface area contributed by atoms with Crippen molar-refractivity contribution in [3.05, 3.63) is 54.2 Å². The predicted octanol–water partition coefficient (Wildman–Crippen LogP) is 1.12. The maximum Gasteiger partial charge on any atom is 0.328 e. The highest BCUT2D eigenvalue weighted by atomic mass is 127. The quantitative estimate of drug-likeness (QED) is 0.555. The Bertz CT molecular complexity index is 718. The van der Waals surface area contributed by atoms with Crippen molar-refractivity contribution < 1.29 is 5.11 Å². The molecular weight excluding hydrogens is 349 g/mol. The van der Waals surface area contributed by atoms with E-state index in [2.05, 4.69) is 32.6 Å². The van der Waals surface area contributed by atoms with Crippen LogP contribution in [0.25, 0.3) is 0 Å². The fraction of sp³-hybridized carbons (Fsp3) is 0. The number of hydrogen-bond acceptors (Lipinski definition) is 4. The highest BCUT2D eigenvalue weighted by molar-refractivity contribution is 14.1. The fourth-order valence-corrected chi connectivity index (χ4v) is 1.82. The van der Waals surface area contributed by atoms with E-state index >= 15 is 0 Å². The third-order valence-electron chi connectivity index (χ3n) is 2.14. The van der Waals surface area contributed by atoms with Crippen molar-refractivity contribution in [3.8, 4) is 5.88 Å². The molecule has 0 bridgehead atoms. The van der Waals surface area contributed by atoms with Crippen molar-refractivity contribution >= 4 is 34.5 Å². The molecule has 3 N–H and O–H groups in total. The van der Waals surface area contributed by atoms with E-state index in [1.54, 1.807) is 6.07 Å². The number of aromatic amines is 2. The Morgan fingerprint density at radius 1 is 1.22 bits per heavy atom. The molecule has 6 nitrogen and oxygen atoms in total. The zero-order chi connectivity index (χ0) is 13.1. The first-order valence-electron chi connectivity index (χ1n) is 4.92. The Morgan fingerprint density at radius 3 is 2.61 bits per heavy atom. The van der Waals surface area contributed by atoms with Crippen LogP contribution in [-0.4, -0.2) is 21.3 Å². The number of nitrogens with zero attached hydrogens (tertiary/aromatic N) is 1. The molecule has 92 valence electrons. The van der Waals surface area contributed by atoms with Gasteiger partial charge in [-0.1, -0.05) is 12.1 Å². The van der Waals surface area contributed by atoms with Gasteiger partial charge in [0.2, 0.25) is 5.88 Å². The largest absolute Gasteiger partial charge is 0.494 e. The van der Waals surface area contributed by atoms with Crippen LogP contribution in [0.1, 0.15) is 5.56 Å². The van der Waals surface area contributed by atoms with Gasteiger partial charge in [0.15, 0.2) is 0 Å². The van der Waals surface area contributed by atoms with Crippen LogP contribution in [0.5, 0.6) is 5.88 Å². The van der Waals surface area contributed by atoms with Crippen LogP contribution in [0.15, 0.2) is 38.8 Å². The van der Waals surface area contributed by atoms with Crippen molar-refractivity contribution in [1.82, 2.24) is 9.97 Å². The van der Waals surface area contributed by atoms with Crippen LogP contribution >= 0.6 is 22.6 Å². The Hall–Kier alpha value is -1.90. The number of aliphatic imine (C=N–C) groups is 1. The van der Waals surface area contributed by atoms with E-state index in [1.165, 1.54) is 6.21 Å². The molecule has 0 radical (unpaired) electrons. The molecule has 2 aromatic rings. The first kappa shape index (κ1) is 12.6. The summed E-state index contributed by atoms with van der Waals surface area (Å²) >= 11 is 2.11.